The molecule has 5 N–H and O–H groups in total. The molecule has 0 aliphatic carbocycles. The summed E-state index contributed by atoms with van der Waals surface area (Å²) in [6.45, 7) is 10.5. The Hall–Kier alpha value is -4.64. The van der Waals surface area contributed by atoms with Gasteiger partial charge < -0.3 is 26.0 Å². The smallest absolute Gasteiger partial charge is 0.309 e. The molecule has 0 spiro atoms. The fourth-order valence-corrected chi connectivity index (χ4v) is 5.35. The first-order valence-corrected chi connectivity index (χ1v) is 18.3. The molecule has 16 nitrogen and oxygen atoms in total. The van der Waals surface area contributed by atoms with Gasteiger partial charge in [0.1, 0.15) is 30.5 Å². The summed E-state index contributed by atoms with van der Waals surface area (Å²) in [6.07, 6.45) is 3.38. The van der Waals surface area contributed by atoms with Gasteiger partial charge in [0.2, 0.25) is 23.6 Å². The zero-order chi connectivity index (χ0) is 38.5. The van der Waals surface area contributed by atoms with Gasteiger partial charge in [-0.1, -0.05) is 53.2 Å². The molecule has 282 valence electrons. The Bertz CT molecular complexity index is 1560. The van der Waals surface area contributed by atoms with E-state index in [9.17, 15) is 46.5 Å². The Labute approximate surface area is 298 Å². The molecule has 0 saturated carbocycles. The molecule has 1 aliphatic rings. The number of carbonyl (C=O) groups excluding carboxylic acids is 7. The third-order valence-electron chi connectivity index (χ3n) is 8.19. The van der Waals surface area contributed by atoms with Crippen molar-refractivity contribution in [2.24, 2.45) is 17.8 Å². The van der Waals surface area contributed by atoms with Gasteiger partial charge in [-0.25, -0.2) is 0 Å². The Morgan fingerprint density at radius 1 is 0.784 bits per heavy atom. The quantitative estimate of drug-likeness (QED) is 0.0557. The largest absolute Gasteiger partial charge is 0.461 e. The standard InChI is InChI=1S/C34H49N5O11S/c1-20(2)22(5)34(46)50-18-24-11-13-25(14-12-24)36-31(43)23(6)35-33(45)30(21(3)4)38-32(44)26(19-51(47,48)49)37-27(40)10-8-7-9-17-39-28(41)15-16-29(39)42/h11-16,20-23,26,30H,7-10,17-19H2,1-6H3,(H,35,45)(H,36,43)(H,37,40)(H,38,44)(H,47,48,49)/t22?,23-,26-,30-/m1/s1. The molecule has 0 aromatic heterocycles. The summed E-state index contributed by atoms with van der Waals surface area (Å²) in [4.78, 5) is 88.2. The monoisotopic (exact) mass is 735 g/mol. The van der Waals surface area contributed by atoms with Crippen LogP contribution in [0.1, 0.15) is 72.8 Å². The number of hydrogen-bond acceptors (Lipinski definition) is 10. The van der Waals surface area contributed by atoms with Crippen LogP contribution >= 0.6 is 0 Å². The summed E-state index contributed by atoms with van der Waals surface area (Å²) in [5.41, 5.74) is 1.12. The van der Waals surface area contributed by atoms with Crippen LogP contribution < -0.4 is 21.3 Å². The van der Waals surface area contributed by atoms with Gasteiger partial charge in [-0.05, 0) is 49.3 Å². The van der Waals surface area contributed by atoms with Crippen LogP contribution in [0.2, 0.25) is 0 Å². The van der Waals surface area contributed by atoms with Crippen molar-refractivity contribution in [3.63, 3.8) is 0 Å². The normalized spacial score (nSPS) is 15.3. The zero-order valence-electron chi connectivity index (χ0n) is 29.8. The summed E-state index contributed by atoms with van der Waals surface area (Å²) in [5, 5.41) is 9.87. The van der Waals surface area contributed by atoms with E-state index >= 15 is 0 Å². The van der Waals surface area contributed by atoms with E-state index in [1.165, 1.54) is 19.1 Å². The van der Waals surface area contributed by atoms with E-state index in [2.05, 4.69) is 21.3 Å². The zero-order valence-corrected chi connectivity index (χ0v) is 30.6. The molecule has 2 rings (SSSR count). The second-order valence-electron chi connectivity index (χ2n) is 13.1. The number of carbonyl (C=O) groups is 7. The lowest BCUT2D eigenvalue weighted by molar-refractivity contribution is -0.150. The van der Waals surface area contributed by atoms with Crippen LogP contribution in [0, 0.1) is 17.8 Å². The Morgan fingerprint density at radius 3 is 1.94 bits per heavy atom. The molecular formula is C34H49N5O11S. The fraction of sp³-hybridized carbons (Fsp3) is 0.559. The lowest BCUT2D eigenvalue weighted by atomic mass is 9.99. The van der Waals surface area contributed by atoms with Gasteiger partial charge in [0.15, 0.2) is 0 Å². The van der Waals surface area contributed by atoms with Gasteiger partial charge >= 0.3 is 5.97 Å². The van der Waals surface area contributed by atoms with Crippen LogP contribution in [0.5, 0.6) is 0 Å². The van der Waals surface area contributed by atoms with E-state index in [0.29, 0.717) is 30.5 Å². The van der Waals surface area contributed by atoms with E-state index in [4.69, 9.17) is 4.74 Å². The summed E-state index contributed by atoms with van der Waals surface area (Å²) >= 11 is 0. The van der Waals surface area contributed by atoms with E-state index in [0.717, 1.165) is 4.90 Å². The third kappa shape index (κ3) is 14.6. The Morgan fingerprint density at radius 2 is 1.39 bits per heavy atom. The number of nitrogens with zero attached hydrogens (tertiary/aromatic N) is 1. The highest BCUT2D eigenvalue weighted by Crippen LogP contribution is 2.15. The molecule has 0 fully saturated rings. The molecule has 0 bridgehead atoms. The lowest BCUT2D eigenvalue weighted by Crippen LogP contribution is -2.58. The maximum atomic E-state index is 13.2. The number of anilines is 1. The molecule has 51 heavy (non-hydrogen) atoms. The summed E-state index contributed by atoms with van der Waals surface area (Å²) < 4.78 is 38.1. The van der Waals surface area contributed by atoms with Gasteiger partial charge in [0, 0.05) is 30.8 Å². The maximum Gasteiger partial charge on any atom is 0.309 e. The fourth-order valence-electron chi connectivity index (χ4n) is 4.69. The highest BCUT2D eigenvalue weighted by molar-refractivity contribution is 7.85. The third-order valence-corrected chi connectivity index (χ3v) is 8.94. The van der Waals surface area contributed by atoms with Crippen LogP contribution in [-0.4, -0.2) is 89.7 Å². The predicted octanol–water partition coefficient (Wildman–Crippen LogP) is 1.46. The molecule has 1 aromatic carbocycles. The van der Waals surface area contributed by atoms with Crippen LogP contribution in [0.4, 0.5) is 5.69 Å². The summed E-state index contributed by atoms with van der Waals surface area (Å²) in [6, 6.07) is 2.52. The van der Waals surface area contributed by atoms with Crippen molar-refractivity contribution >= 4 is 57.2 Å². The first-order valence-electron chi connectivity index (χ1n) is 16.7. The summed E-state index contributed by atoms with van der Waals surface area (Å²) in [5.74, 6) is -6.02. The van der Waals surface area contributed by atoms with Crippen LogP contribution in [-0.2, 0) is 55.0 Å². The molecule has 0 radical (unpaired) electrons. The van der Waals surface area contributed by atoms with Crippen molar-refractivity contribution in [1.29, 1.82) is 0 Å². The minimum Gasteiger partial charge on any atom is -0.461 e. The molecule has 6 amide bonds. The maximum absolute atomic E-state index is 13.2. The highest BCUT2D eigenvalue weighted by Gasteiger charge is 2.32. The SMILES string of the molecule is CC(C)C(C)C(=O)OCc1ccc(NC(=O)[C@@H](C)NC(=O)[C@H](NC(=O)[C@@H](CS(=O)(=O)O)NC(=O)CCCCCN2C(=O)C=CC2=O)C(C)C)cc1. The van der Waals surface area contributed by atoms with Crippen LogP contribution in [0.15, 0.2) is 36.4 Å². The minimum absolute atomic E-state index is 0.0684. The Kier molecular flexibility index (Phi) is 16.4. The first-order chi connectivity index (χ1) is 23.8. The van der Waals surface area contributed by atoms with Crippen molar-refractivity contribution in [3.05, 3.63) is 42.0 Å². The molecule has 4 atom stereocenters. The summed E-state index contributed by atoms with van der Waals surface area (Å²) in [7, 11) is -4.74. The Balaban J connectivity index is 1.92. The van der Waals surface area contributed by atoms with Crippen LogP contribution in [0.3, 0.4) is 0 Å². The van der Waals surface area contributed by atoms with Crippen molar-refractivity contribution in [2.45, 2.75) is 92.0 Å². The van der Waals surface area contributed by atoms with Gasteiger partial charge in [-0.15, -0.1) is 0 Å². The number of imide groups is 1. The second kappa shape index (κ2) is 19.7. The molecular weight excluding hydrogens is 686 g/mol. The predicted molar refractivity (Wildman–Crippen MR) is 186 cm³/mol. The number of hydrogen-bond donors (Lipinski definition) is 5. The van der Waals surface area contributed by atoms with Gasteiger partial charge in [-0.2, -0.15) is 8.42 Å². The van der Waals surface area contributed by atoms with E-state index in [1.807, 2.05) is 13.8 Å². The lowest BCUT2D eigenvalue weighted by Gasteiger charge is -2.26. The van der Waals surface area contributed by atoms with Crippen molar-refractivity contribution in [2.75, 3.05) is 17.6 Å². The van der Waals surface area contributed by atoms with Crippen molar-refractivity contribution in [3.8, 4) is 0 Å². The highest BCUT2D eigenvalue weighted by atomic mass is 32.2. The molecule has 1 aromatic rings. The number of amides is 6. The van der Waals surface area contributed by atoms with E-state index in [-0.39, 0.29) is 37.4 Å². The number of benzene rings is 1. The molecule has 17 heteroatoms. The molecule has 1 aliphatic heterocycles. The van der Waals surface area contributed by atoms with E-state index < -0.39 is 75.4 Å². The molecule has 1 unspecified atom stereocenters. The topological polar surface area (TPSA) is 234 Å². The average Bonchev–Trinajstić information content (AvgIpc) is 3.37. The minimum atomic E-state index is -4.74. The number of unbranched alkanes of at least 4 members (excludes halogenated alkanes) is 2. The number of ether oxygens (including phenoxy) is 1. The average molecular weight is 736 g/mol. The van der Waals surface area contributed by atoms with Gasteiger partial charge in [0.05, 0.1) is 5.92 Å². The number of rotatable bonds is 20. The van der Waals surface area contributed by atoms with Gasteiger partial charge in [-0.3, -0.25) is 43.0 Å². The first kappa shape index (κ1) is 42.5. The van der Waals surface area contributed by atoms with E-state index in [1.54, 1.807) is 45.0 Å². The molecule has 0 saturated heterocycles. The molecule has 1 heterocycles. The second-order valence-corrected chi connectivity index (χ2v) is 14.6. The number of nitrogens with one attached hydrogen (secondary N) is 4. The van der Waals surface area contributed by atoms with Gasteiger partial charge in [0.25, 0.3) is 21.9 Å². The number of esters is 1. The van der Waals surface area contributed by atoms with Crippen molar-refractivity contribution in [1.82, 2.24) is 20.9 Å². The van der Waals surface area contributed by atoms with Crippen molar-refractivity contribution < 1.29 is 51.3 Å². The van der Waals surface area contributed by atoms with Crippen LogP contribution in [0.25, 0.3) is 0 Å².